The van der Waals surface area contributed by atoms with Crippen LogP contribution in [0.1, 0.15) is 35.7 Å². The maximum atomic E-state index is 11.0. The van der Waals surface area contributed by atoms with Gasteiger partial charge in [0.05, 0.1) is 0 Å². The largest absolute Gasteiger partial charge is 0.320 e. The Hall–Kier alpha value is -0.546. The second kappa shape index (κ2) is 9.40. The van der Waals surface area contributed by atoms with E-state index in [1.54, 1.807) is 4.57 Å². The Kier molecular flexibility index (Phi) is 9.15. The molecule has 2 rings (SSSR count). The number of benzene rings is 1. The van der Waals surface area contributed by atoms with Crippen molar-refractivity contribution in [1.82, 2.24) is 9.55 Å². The maximum Gasteiger partial charge on any atom is 0.169 e. The van der Waals surface area contributed by atoms with Crippen molar-refractivity contribution >= 4 is 33.8 Å². The number of aryl methyl sites for hydroxylation is 1. The van der Waals surface area contributed by atoms with E-state index >= 15 is 0 Å². The van der Waals surface area contributed by atoms with Gasteiger partial charge in [0.2, 0.25) is 0 Å². The smallest absolute Gasteiger partial charge is 0.169 e. The van der Waals surface area contributed by atoms with Gasteiger partial charge in [-0.1, -0.05) is 53.5 Å². The standard InChI is InChI=1S/C12H10BrClN2O.C2H6.V/c1-8-15-12(14)11(7-17)16(8)6-9-2-4-10(13)5-3-9;1-2;/h2-5,7H,6H2,1H3;1-2H3;. The molecule has 3 nitrogen and oxygen atoms in total. The summed E-state index contributed by atoms with van der Waals surface area (Å²) in [5.41, 5.74) is 1.51. The Balaban J connectivity index is 0.00000115. The summed E-state index contributed by atoms with van der Waals surface area (Å²) in [6, 6.07) is 7.91. The number of imidazole rings is 1. The summed E-state index contributed by atoms with van der Waals surface area (Å²) in [7, 11) is 0. The fraction of sp³-hybridized carbons (Fsp3) is 0.286. The molecule has 0 saturated heterocycles. The van der Waals surface area contributed by atoms with Crippen LogP contribution >= 0.6 is 27.5 Å². The van der Waals surface area contributed by atoms with Crippen LogP contribution in [0.25, 0.3) is 0 Å². The molecule has 6 heteroatoms. The number of hydrogen-bond donors (Lipinski definition) is 0. The van der Waals surface area contributed by atoms with Gasteiger partial charge in [-0.05, 0) is 24.6 Å². The van der Waals surface area contributed by atoms with Gasteiger partial charge in [0, 0.05) is 29.6 Å². The van der Waals surface area contributed by atoms with Crippen molar-refractivity contribution in [1.29, 1.82) is 0 Å². The molecule has 1 aromatic heterocycles. The van der Waals surface area contributed by atoms with Crippen LogP contribution in [0.15, 0.2) is 28.7 Å². The van der Waals surface area contributed by atoms with Gasteiger partial charge in [0.25, 0.3) is 0 Å². The Bertz CT molecular complexity index is 555. The zero-order valence-electron chi connectivity index (χ0n) is 11.6. The molecule has 0 aliphatic heterocycles. The number of nitrogens with zero attached hydrogens (tertiary/aromatic N) is 2. The molecule has 0 aliphatic carbocycles. The van der Waals surface area contributed by atoms with Gasteiger partial charge < -0.3 is 4.57 Å². The van der Waals surface area contributed by atoms with Crippen molar-refractivity contribution in [3.63, 3.8) is 0 Å². The van der Waals surface area contributed by atoms with E-state index in [0.29, 0.717) is 12.2 Å². The first kappa shape index (κ1) is 19.5. The summed E-state index contributed by atoms with van der Waals surface area (Å²) in [5.74, 6) is 0.736. The van der Waals surface area contributed by atoms with Crippen LogP contribution in [0.5, 0.6) is 0 Å². The van der Waals surface area contributed by atoms with E-state index < -0.39 is 0 Å². The zero-order valence-corrected chi connectivity index (χ0v) is 15.3. The van der Waals surface area contributed by atoms with Gasteiger partial charge in [-0.2, -0.15) is 0 Å². The molecule has 0 N–H and O–H groups in total. The fourth-order valence-electron chi connectivity index (χ4n) is 1.63. The SMILES string of the molecule is CC.Cc1nc(Cl)c(C=O)n1Cc1ccc(Br)cc1.[V]. The van der Waals surface area contributed by atoms with E-state index in [1.165, 1.54) is 0 Å². The predicted molar refractivity (Wildman–Crippen MR) is 82.0 cm³/mol. The Morgan fingerprint density at radius 2 is 1.85 bits per heavy atom. The van der Waals surface area contributed by atoms with E-state index in [2.05, 4.69) is 20.9 Å². The minimum atomic E-state index is 0. The second-order valence-electron chi connectivity index (χ2n) is 3.67. The number of carbonyl (C=O) groups is 1. The summed E-state index contributed by atoms with van der Waals surface area (Å²) in [6.45, 7) is 6.42. The molecule has 1 aromatic carbocycles. The van der Waals surface area contributed by atoms with Crippen LogP contribution in [0.4, 0.5) is 0 Å². The third-order valence-electron chi connectivity index (χ3n) is 2.52. The monoisotopic (exact) mass is 393 g/mol. The number of aromatic nitrogens is 2. The molecular formula is C14H16BrClN2OV. The maximum absolute atomic E-state index is 11.0. The third kappa shape index (κ3) is 4.78. The van der Waals surface area contributed by atoms with Crippen molar-refractivity contribution in [2.75, 3.05) is 0 Å². The molecule has 107 valence electrons. The second-order valence-corrected chi connectivity index (χ2v) is 4.94. The minimum absolute atomic E-state index is 0. The first-order chi connectivity index (χ1) is 9.11. The van der Waals surface area contributed by atoms with Crippen molar-refractivity contribution in [3.8, 4) is 0 Å². The van der Waals surface area contributed by atoms with Gasteiger partial charge in [-0.15, -0.1) is 0 Å². The topological polar surface area (TPSA) is 34.9 Å². The molecule has 1 heterocycles. The molecule has 0 amide bonds. The molecule has 0 atom stereocenters. The quantitative estimate of drug-likeness (QED) is 0.719. The van der Waals surface area contributed by atoms with Crippen molar-refractivity contribution in [2.24, 2.45) is 0 Å². The Morgan fingerprint density at radius 1 is 1.30 bits per heavy atom. The first-order valence-corrected chi connectivity index (χ1v) is 7.21. The van der Waals surface area contributed by atoms with Crippen LogP contribution in [-0.4, -0.2) is 15.8 Å². The zero-order chi connectivity index (χ0) is 14.4. The van der Waals surface area contributed by atoms with E-state index in [0.717, 1.165) is 22.1 Å². The van der Waals surface area contributed by atoms with E-state index in [4.69, 9.17) is 11.6 Å². The average molecular weight is 395 g/mol. The molecule has 0 aliphatic rings. The molecule has 0 saturated carbocycles. The molecule has 0 unspecified atom stereocenters. The summed E-state index contributed by atoms with van der Waals surface area (Å²) in [5, 5.41) is 0.259. The number of halogens is 2. The summed E-state index contributed by atoms with van der Waals surface area (Å²) >= 11 is 9.25. The molecule has 0 fully saturated rings. The predicted octanol–water partition coefficient (Wildman–Crippen LogP) is 4.49. The van der Waals surface area contributed by atoms with Gasteiger partial charge in [-0.3, -0.25) is 4.79 Å². The molecule has 1 radical (unpaired) electrons. The average Bonchev–Trinajstić information content (AvgIpc) is 2.69. The van der Waals surface area contributed by atoms with Crippen LogP contribution in [0.3, 0.4) is 0 Å². The molecule has 2 aromatic rings. The number of hydrogen-bond acceptors (Lipinski definition) is 2. The fourth-order valence-corrected chi connectivity index (χ4v) is 2.16. The molecule has 0 spiro atoms. The van der Waals surface area contributed by atoms with Crippen LogP contribution < -0.4 is 0 Å². The van der Waals surface area contributed by atoms with Crippen molar-refractivity contribution in [3.05, 3.63) is 51.0 Å². The minimum Gasteiger partial charge on any atom is -0.320 e. The van der Waals surface area contributed by atoms with E-state index in [1.807, 2.05) is 45.0 Å². The Morgan fingerprint density at radius 3 is 2.35 bits per heavy atom. The van der Waals surface area contributed by atoms with Crippen LogP contribution in [0.2, 0.25) is 5.15 Å². The van der Waals surface area contributed by atoms with Gasteiger partial charge in [0.15, 0.2) is 11.4 Å². The number of aldehydes is 1. The summed E-state index contributed by atoms with van der Waals surface area (Å²) in [6.07, 6.45) is 0.737. The number of carbonyl (C=O) groups excluding carboxylic acids is 1. The molecule has 0 bridgehead atoms. The van der Waals surface area contributed by atoms with Crippen LogP contribution in [0, 0.1) is 6.92 Å². The normalized spacial score (nSPS) is 9.25. The molecular weight excluding hydrogens is 378 g/mol. The van der Waals surface area contributed by atoms with Gasteiger partial charge in [-0.25, -0.2) is 4.98 Å². The summed E-state index contributed by atoms with van der Waals surface area (Å²) in [4.78, 5) is 15.0. The summed E-state index contributed by atoms with van der Waals surface area (Å²) < 4.78 is 2.83. The van der Waals surface area contributed by atoms with Crippen LogP contribution in [-0.2, 0) is 25.1 Å². The van der Waals surface area contributed by atoms with E-state index in [9.17, 15) is 4.79 Å². The Labute approximate surface area is 144 Å². The number of rotatable bonds is 3. The van der Waals surface area contributed by atoms with E-state index in [-0.39, 0.29) is 23.7 Å². The van der Waals surface area contributed by atoms with Gasteiger partial charge >= 0.3 is 0 Å². The third-order valence-corrected chi connectivity index (χ3v) is 3.33. The van der Waals surface area contributed by atoms with Gasteiger partial charge in [0.1, 0.15) is 11.5 Å². The molecule has 20 heavy (non-hydrogen) atoms. The first-order valence-electron chi connectivity index (χ1n) is 6.04. The van der Waals surface area contributed by atoms with Crippen molar-refractivity contribution in [2.45, 2.75) is 27.3 Å². The van der Waals surface area contributed by atoms with Crippen molar-refractivity contribution < 1.29 is 23.4 Å².